The van der Waals surface area contributed by atoms with Gasteiger partial charge in [-0.2, -0.15) is 0 Å². The molecule has 0 atom stereocenters. The van der Waals surface area contributed by atoms with Gasteiger partial charge in [0, 0.05) is 50.3 Å². The molecular weight excluding hydrogens is 527 g/mol. The molecule has 2 rings (SSSR count). The van der Waals surface area contributed by atoms with Crippen molar-refractivity contribution in [3.05, 3.63) is 16.1 Å². The van der Waals surface area contributed by atoms with E-state index in [1.54, 1.807) is 16.2 Å². The molecule has 1 saturated heterocycles. The molecule has 0 aliphatic carbocycles. The lowest BCUT2D eigenvalue weighted by molar-refractivity contribution is 0.0145. The second-order valence-electron chi connectivity index (χ2n) is 8.36. The number of thiazole rings is 1. The molecule has 0 bridgehead atoms. The summed E-state index contributed by atoms with van der Waals surface area (Å²) in [5, 5.41) is 7.75. The van der Waals surface area contributed by atoms with Gasteiger partial charge in [0.25, 0.3) is 0 Å². The average molecular weight is 567 g/mol. The molecule has 1 aliphatic heterocycles. The Morgan fingerprint density at radius 3 is 2.52 bits per heavy atom. The molecule has 1 aliphatic rings. The van der Waals surface area contributed by atoms with Crippen LogP contribution < -0.4 is 10.6 Å². The number of carbonyl (C=O) groups excluding carboxylic acids is 1. The molecule has 10 heteroatoms. The summed E-state index contributed by atoms with van der Waals surface area (Å²) in [4.78, 5) is 26.7. The van der Waals surface area contributed by atoms with Gasteiger partial charge in [0.1, 0.15) is 10.6 Å². The van der Waals surface area contributed by atoms with Crippen LogP contribution in [0.5, 0.6) is 0 Å². The summed E-state index contributed by atoms with van der Waals surface area (Å²) >= 11 is 1.73. The van der Waals surface area contributed by atoms with E-state index in [1.165, 1.54) is 4.88 Å². The number of hydrogen-bond acceptors (Lipinski definition) is 6. The molecule has 2 heterocycles. The van der Waals surface area contributed by atoms with E-state index in [1.807, 2.05) is 27.0 Å². The van der Waals surface area contributed by atoms with Crippen molar-refractivity contribution in [2.75, 3.05) is 45.8 Å². The van der Waals surface area contributed by atoms with Crippen LogP contribution in [0.3, 0.4) is 0 Å². The van der Waals surface area contributed by atoms with Crippen molar-refractivity contribution < 1.29 is 9.53 Å². The third-order valence-corrected chi connectivity index (χ3v) is 5.76. The highest BCUT2D eigenvalue weighted by Gasteiger charge is 2.25. The van der Waals surface area contributed by atoms with E-state index >= 15 is 0 Å². The van der Waals surface area contributed by atoms with Gasteiger partial charge in [-0.25, -0.2) is 14.8 Å². The van der Waals surface area contributed by atoms with Crippen LogP contribution in [0.1, 0.15) is 50.9 Å². The van der Waals surface area contributed by atoms with E-state index < -0.39 is 5.60 Å². The van der Waals surface area contributed by atoms with Crippen molar-refractivity contribution in [3.8, 4) is 0 Å². The second kappa shape index (κ2) is 14.1. The lowest BCUT2D eigenvalue weighted by Gasteiger charge is -2.35. The average Bonchev–Trinajstić information content (AvgIpc) is 3.16. The van der Waals surface area contributed by atoms with E-state index in [4.69, 9.17) is 4.74 Å². The van der Waals surface area contributed by atoms with Crippen LogP contribution in [0.15, 0.2) is 11.2 Å². The molecule has 178 valence electrons. The summed E-state index contributed by atoms with van der Waals surface area (Å²) in [7, 11) is 0. The summed E-state index contributed by atoms with van der Waals surface area (Å²) < 4.78 is 5.46. The number of aryl methyl sites for hydroxylation is 1. The number of guanidine groups is 1. The fourth-order valence-corrected chi connectivity index (χ4v) is 3.85. The quantitative estimate of drug-likeness (QED) is 0.218. The molecule has 1 fully saturated rings. The first-order valence-electron chi connectivity index (χ1n) is 11.0. The Morgan fingerprint density at radius 2 is 1.94 bits per heavy atom. The molecular formula is C21H39IN6O2S. The molecule has 2 N–H and O–H groups in total. The lowest BCUT2D eigenvalue weighted by atomic mass is 10.2. The number of aliphatic imine (C=N–C) groups is 1. The predicted octanol–water partition coefficient (Wildman–Crippen LogP) is 3.32. The number of nitrogens with one attached hydrogen (secondary N) is 2. The summed E-state index contributed by atoms with van der Waals surface area (Å²) in [6, 6.07) is 0. The summed E-state index contributed by atoms with van der Waals surface area (Å²) in [6.45, 7) is 16.4. The Balaban J connectivity index is 0.00000480. The van der Waals surface area contributed by atoms with Crippen molar-refractivity contribution >= 4 is 47.4 Å². The summed E-state index contributed by atoms with van der Waals surface area (Å²) in [5.74, 6) is 0.834. The van der Waals surface area contributed by atoms with E-state index in [0.29, 0.717) is 6.54 Å². The van der Waals surface area contributed by atoms with Gasteiger partial charge in [0.2, 0.25) is 0 Å². The van der Waals surface area contributed by atoms with Crippen LogP contribution in [0.4, 0.5) is 4.79 Å². The number of aromatic nitrogens is 1. The molecule has 0 spiro atoms. The van der Waals surface area contributed by atoms with Crippen LogP contribution in [0, 0.1) is 0 Å². The molecule has 0 saturated carbocycles. The first-order chi connectivity index (χ1) is 14.3. The molecule has 1 aromatic heterocycles. The van der Waals surface area contributed by atoms with Gasteiger partial charge < -0.3 is 20.3 Å². The Labute approximate surface area is 208 Å². The Hall–Kier alpha value is -1.14. The van der Waals surface area contributed by atoms with Gasteiger partial charge >= 0.3 is 6.09 Å². The van der Waals surface area contributed by atoms with Crippen molar-refractivity contribution in [1.82, 2.24) is 25.4 Å². The highest BCUT2D eigenvalue weighted by atomic mass is 127. The predicted molar refractivity (Wildman–Crippen MR) is 139 cm³/mol. The van der Waals surface area contributed by atoms with Crippen molar-refractivity contribution in [2.24, 2.45) is 4.99 Å². The Kier molecular flexibility index (Phi) is 12.7. The van der Waals surface area contributed by atoms with Crippen LogP contribution in [0.2, 0.25) is 0 Å². The van der Waals surface area contributed by atoms with Crippen molar-refractivity contribution in [2.45, 2.75) is 59.6 Å². The van der Waals surface area contributed by atoms with E-state index in [2.05, 4.69) is 39.4 Å². The second-order valence-corrected chi connectivity index (χ2v) is 9.56. The topological polar surface area (TPSA) is 82.1 Å². The van der Waals surface area contributed by atoms with Crippen molar-refractivity contribution in [3.63, 3.8) is 0 Å². The SMILES string of the molecule is CCNC(=NCc1ncc(CC)s1)NCCCN1CCN(C(=O)OC(C)(C)C)CC1.I. The van der Waals surface area contributed by atoms with Crippen molar-refractivity contribution in [1.29, 1.82) is 0 Å². The van der Waals surface area contributed by atoms with Gasteiger partial charge in [-0.1, -0.05) is 6.92 Å². The molecule has 0 radical (unpaired) electrons. The smallest absolute Gasteiger partial charge is 0.410 e. The highest BCUT2D eigenvalue weighted by molar-refractivity contribution is 14.0. The van der Waals surface area contributed by atoms with Crippen LogP contribution in [0.25, 0.3) is 0 Å². The molecule has 31 heavy (non-hydrogen) atoms. The number of rotatable bonds is 8. The number of nitrogens with zero attached hydrogens (tertiary/aromatic N) is 4. The fourth-order valence-electron chi connectivity index (χ4n) is 3.06. The molecule has 1 aromatic rings. The largest absolute Gasteiger partial charge is 0.444 e. The number of amides is 1. The van der Waals surface area contributed by atoms with Gasteiger partial charge in [-0.15, -0.1) is 35.3 Å². The van der Waals surface area contributed by atoms with Crippen LogP contribution in [-0.4, -0.2) is 78.3 Å². The van der Waals surface area contributed by atoms with E-state index in [-0.39, 0.29) is 30.1 Å². The van der Waals surface area contributed by atoms with Gasteiger partial charge in [0.05, 0.1) is 6.54 Å². The fraction of sp³-hybridized carbons (Fsp3) is 0.762. The highest BCUT2D eigenvalue weighted by Crippen LogP contribution is 2.14. The Morgan fingerprint density at radius 1 is 1.23 bits per heavy atom. The first-order valence-corrected chi connectivity index (χ1v) is 11.8. The maximum absolute atomic E-state index is 12.2. The molecule has 8 nitrogen and oxygen atoms in total. The number of piperazine rings is 1. The maximum Gasteiger partial charge on any atom is 0.410 e. The normalized spacial score (nSPS) is 15.4. The third-order valence-electron chi connectivity index (χ3n) is 4.63. The lowest BCUT2D eigenvalue weighted by Crippen LogP contribution is -2.50. The zero-order chi connectivity index (χ0) is 22.0. The maximum atomic E-state index is 12.2. The number of hydrogen-bond donors (Lipinski definition) is 2. The van der Waals surface area contributed by atoms with E-state index in [0.717, 1.165) is 69.6 Å². The number of ether oxygens (including phenoxy) is 1. The number of halogens is 1. The summed E-state index contributed by atoms with van der Waals surface area (Å²) in [6.07, 6.45) is 3.78. The minimum absolute atomic E-state index is 0. The minimum Gasteiger partial charge on any atom is -0.444 e. The summed E-state index contributed by atoms with van der Waals surface area (Å²) in [5.41, 5.74) is -0.441. The minimum atomic E-state index is -0.441. The number of carbonyl (C=O) groups is 1. The van der Waals surface area contributed by atoms with Crippen LogP contribution in [-0.2, 0) is 17.7 Å². The molecule has 0 unspecified atom stereocenters. The standard InChI is InChI=1S/C21H38N6O2S.HI/c1-6-17-15-24-18(30-17)16-25-19(22-7-2)23-9-8-10-26-11-13-27(14-12-26)20(28)29-21(3,4)5;/h15H,6-14,16H2,1-5H3,(H2,22,23,25);1H. The zero-order valence-electron chi connectivity index (χ0n) is 19.6. The van der Waals surface area contributed by atoms with Gasteiger partial charge in [0.15, 0.2) is 5.96 Å². The first kappa shape index (κ1) is 27.9. The van der Waals surface area contributed by atoms with Gasteiger partial charge in [-0.05, 0) is 47.1 Å². The van der Waals surface area contributed by atoms with Gasteiger partial charge in [-0.3, -0.25) is 4.90 Å². The third kappa shape index (κ3) is 10.8. The molecule has 1 amide bonds. The Bertz CT molecular complexity index is 684. The van der Waals surface area contributed by atoms with E-state index in [9.17, 15) is 4.79 Å². The monoisotopic (exact) mass is 566 g/mol. The van der Waals surface area contributed by atoms with Crippen LogP contribution >= 0.6 is 35.3 Å². The zero-order valence-corrected chi connectivity index (χ0v) is 22.7. The molecule has 0 aromatic carbocycles.